The third-order valence-corrected chi connectivity index (χ3v) is 4.01. The van der Waals surface area contributed by atoms with Crippen molar-refractivity contribution in [1.82, 2.24) is 14.9 Å². The fourth-order valence-corrected chi connectivity index (χ4v) is 2.67. The highest BCUT2D eigenvalue weighted by molar-refractivity contribution is 5.93. The van der Waals surface area contributed by atoms with Crippen molar-refractivity contribution >= 4 is 11.7 Å². The van der Waals surface area contributed by atoms with Gasteiger partial charge in [0.05, 0.1) is 0 Å². The summed E-state index contributed by atoms with van der Waals surface area (Å²) in [5.41, 5.74) is 2.28. The van der Waals surface area contributed by atoms with Gasteiger partial charge < -0.3 is 10.2 Å². The summed E-state index contributed by atoms with van der Waals surface area (Å²) in [6.45, 7) is 4.78. The number of carbonyl (C=O) groups excluding carboxylic acids is 1. The third kappa shape index (κ3) is 4.79. The van der Waals surface area contributed by atoms with Crippen molar-refractivity contribution in [3.05, 3.63) is 90.6 Å². The van der Waals surface area contributed by atoms with E-state index in [9.17, 15) is 4.79 Å². The lowest BCUT2D eigenvalue weighted by Crippen LogP contribution is -2.27. The van der Waals surface area contributed by atoms with Crippen molar-refractivity contribution in [1.29, 1.82) is 0 Å². The maximum absolute atomic E-state index is 12.9. The SMILES string of the molecule is C=CCNc1cc(C(=O)N(C)Cc2ccccc2)nc(-c2ccccc2)n1. The average Bonchev–Trinajstić information content (AvgIpc) is 2.72. The van der Waals surface area contributed by atoms with Crippen LogP contribution in [-0.2, 0) is 6.54 Å². The molecule has 0 atom stereocenters. The van der Waals surface area contributed by atoms with E-state index in [1.165, 1.54) is 0 Å². The predicted octanol–water partition coefficient (Wildman–Crippen LogP) is 4.01. The quantitative estimate of drug-likeness (QED) is 0.648. The van der Waals surface area contributed by atoms with Crippen LogP contribution in [0.5, 0.6) is 0 Å². The van der Waals surface area contributed by atoms with Gasteiger partial charge in [0.25, 0.3) is 5.91 Å². The first kappa shape index (κ1) is 18.3. The van der Waals surface area contributed by atoms with Gasteiger partial charge in [-0.15, -0.1) is 6.58 Å². The van der Waals surface area contributed by atoms with Gasteiger partial charge in [-0.1, -0.05) is 66.7 Å². The predicted molar refractivity (Wildman–Crippen MR) is 108 cm³/mol. The normalized spacial score (nSPS) is 10.3. The van der Waals surface area contributed by atoms with E-state index in [4.69, 9.17) is 0 Å². The highest BCUT2D eigenvalue weighted by Gasteiger charge is 2.17. The van der Waals surface area contributed by atoms with Gasteiger partial charge in [-0.25, -0.2) is 9.97 Å². The molecule has 0 aliphatic carbocycles. The highest BCUT2D eigenvalue weighted by Crippen LogP contribution is 2.19. The summed E-state index contributed by atoms with van der Waals surface area (Å²) in [5, 5.41) is 3.15. The Hall–Kier alpha value is -3.47. The number of carbonyl (C=O) groups is 1. The van der Waals surface area contributed by atoms with Crippen LogP contribution >= 0.6 is 0 Å². The van der Waals surface area contributed by atoms with Gasteiger partial charge in [-0.3, -0.25) is 4.79 Å². The number of hydrogen-bond donors (Lipinski definition) is 1. The first-order valence-corrected chi connectivity index (χ1v) is 8.76. The van der Waals surface area contributed by atoms with Gasteiger partial charge in [0.15, 0.2) is 5.82 Å². The summed E-state index contributed by atoms with van der Waals surface area (Å²) in [5.74, 6) is 0.960. The Morgan fingerprint density at radius 1 is 1.07 bits per heavy atom. The Morgan fingerprint density at radius 3 is 2.41 bits per heavy atom. The van der Waals surface area contributed by atoms with Gasteiger partial charge in [-0.05, 0) is 5.56 Å². The fourth-order valence-electron chi connectivity index (χ4n) is 2.67. The summed E-state index contributed by atoms with van der Waals surface area (Å²) < 4.78 is 0. The van der Waals surface area contributed by atoms with Gasteiger partial charge >= 0.3 is 0 Å². The molecule has 136 valence electrons. The number of rotatable bonds is 7. The lowest BCUT2D eigenvalue weighted by Gasteiger charge is -2.18. The monoisotopic (exact) mass is 358 g/mol. The van der Waals surface area contributed by atoms with Crippen LogP contribution in [0.3, 0.4) is 0 Å². The molecule has 0 saturated carbocycles. The Balaban J connectivity index is 1.90. The third-order valence-electron chi connectivity index (χ3n) is 4.01. The molecule has 0 saturated heterocycles. The fraction of sp³-hybridized carbons (Fsp3) is 0.136. The maximum atomic E-state index is 12.9. The van der Waals surface area contributed by atoms with Crippen molar-refractivity contribution in [2.75, 3.05) is 18.9 Å². The zero-order valence-electron chi connectivity index (χ0n) is 15.3. The zero-order valence-corrected chi connectivity index (χ0v) is 15.3. The molecule has 2 aromatic carbocycles. The Bertz CT molecular complexity index is 910. The lowest BCUT2D eigenvalue weighted by molar-refractivity contribution is 0.0779. The molecule has 1 aromatic heterocycles. The minimum absolute atomic E-state index is 0.153. The van der Waals surface area contributed by atoms with E-state index in [-0.39, 0.29) is 5.91 Å². The van der Waals surface area contributed by atoms with Crippen molar-refractivity contribution in [2.45, 2.75) is 6.54 Å². The number of amides is 1. The van der Waals surface area contributed by atoms with Gasteiger partial charge in [0.1, 0.15) is 11.5 Å². The van der Waals surface area contributed by atoms with Crippen molar-refractivity contribution in [3.63, 3.8) is 0 Å². The summed E-state index contributed by atoms with van der Waals surface area (Å²) in [7, 11) is 1.77. The van der Waals surface area contributed by atoms with Crippen LogP contribution in [0.1, 0.15) is 16.1 Å². The van der Waals surface area contributed by atoms with Gasteiger partial charge in [0.2, 0.25) is 0 Å². The molecule has 3 aromatic rings. The molecule has 0 aliphatic rings. The number of nitrogens with one attached hydrogen (secondary N) is 1. The minimum Gasteiger partial charge on any atom is -0.366 e. The van der Waals surface area contributed by atoms with E-state index < -0.39 is 0 Å². The first-order chi connectivity index (χ1) is 13.2. The molecule has 0 fully saturated rings. The minimum atomic E-state index is -0.153. The smallest absolute Gasteiger partial charge is 0.272 e. The van der Waals surface area contributed by atoms with Crippen LogP contribution < -0.4 is 5.32 Å². The Morgan fingerprint density at radius 2 is 1.74 bits per heavy atom. The molecule has 3 rings (SSSR count). The van der Waals surface area contributed by atoms with E-state index >= 15 is 0 Å². The molecule has 0 aliphatic heterocycles. The molecule has 0 radical (unpaired) electrons. The molecule has 1 heterocycles. The zero-order chi connectivity index (χ0) is 19.1. The second-order valence-corrected chi connectivity index (χ2v) is 6.14. The van der Waals surface area contributed by atoms with Gasteiger partial charge in [0, 0.05) is 31.8 Å². The highest BCUT2D eigenvalue weighted by atomic mass is 16.2. The van der Waals surface area contributed by atoms with E-state index in [0.717, 1.165) is 11.1 Å². The van der Waals surface area contributed by atoms with E-state index in [1.54, 1.807) is 24.1 Å². The molecule has 1 N–H and O–H groups in total. The molecule has 27 heavy (non-hydrogen) atoms. The molecule has 1 amide bonds. The van der Waals surface area contributed by atoms with Crippen molar-refractivity contribution < 1.29 is 4.79 Å². The number of anilines is 1. The maximum Gasteiger partial charge on any atom is 0.272 e. The van der Waals surface area contributed by atoms with Crippen molar-refractivity contribution in [3.8, 4) is 11.4 Å². The molecule has 5 nitrogen and oxygen atoms in total. The Kier molecular flexibility index (Phi) is 5.94. The van der Waals surface area contributed by atoms with E-state index in [2.05, 4.69) is 21.9 Å². The van der Waals surface area contributed by atoms with Crippen LogP contribution in [0.25, 0.3) is 11.4 Å². The molecular weight excluding hydrogens is 336 g/mol. The van der Waals surface area contributed by atoms with Crippen LogP contribution in [0.15, 0.2) is 79.4 Å². The topological polar surface area (TPSA) is 58.1 Å². The molecule has 0 spiro atoms. The first-order valence-electron chi connectivity index (χ1n) is 8.76. The second-order valence-electron chi connectivity index (χ2n) is 6.14. The number of nitrogens with zero attached hydrogens (tertiary/aromatic N) is 3. The number of benzene rings is 2. The lowest BCUT2D eigenvalue weighted by atomic mass is 10.2. The summed E-state index contributed by atoms with van der Waals surface area (Å²) in [6, 6.07) is 21.2. The molecule has 0 unspecified atom stereocenters. The largest absolute Gasteiger partial charge is 0.366 e. The van der Waals surface area contributed by atoms with E-state index in [0.29, 0.717) is 30.4 Å². The number of hydrogen-bond acceptors (Lipinski definition) is 4. The number of aromatic nitrogens is 2. The second kappa shape index (κ2) is 8.76. The standard InChI is InChI=1S/C22H22N4O/c1-3-14-23-20-15-19(24-21(25-20)18-12-8-5-9-13-18)22(27)26(2)16-17-10-6-4-7-11-17/h3-13,15H,1,14,16H2,2H3,(H,23,24,25). The van der Waals surface area contributed by atoms with Crippen LogP contribution in [-0.4, -0.2) is 34.4 Å². The summed E-state index contributed by atoms with van der Waals surface area (Å²) in [6.07, 6.45) is 1.74. The van der Waals surface area contributed by atoms with Crippen LogP contribution in [0.4, 0.5) is 5.82 Å². The molecule has 0 bridgehead atoms. The summed E-state index contributed by atoms with van der Waals surface area (Å²) in [4.78, 5) is 23.6. The Labute approximate surface area is 159 Å². The molecular formula is C22H22N4O. The van der Waals surface area contributed by atoms with Gasteiger partial charge in [-0.2, -0.15) is 0 Å². The van der Waals surface area contributed by atoms with Crippen molar-refractivity contribution in [2.24, 2.45) is 0 Å². The van der Waals surface area contributed by atoms with Crippen LogP contribution in [0.2, 0.25) is 0 Å². The van der Waals surface area contributed by atoms with E-state index in [1.807, 2.05) is 60.7 Å². The summed E-state index contributed by atoms with van der Waals surface area (Å²) >= 11 is 0. The molecule has 5 heteroatoms. The van der Waals surface area contributed by atoms with Crippen LogP contribution in [0, 0.1) is 0 Å². The average molecular weight is 358 g/mol.